The number of carbonyl (C=O) groups excluding carboxylic acids is 1. The van der Waals surface area contributed by atoms with Gasteiger partial charge in [-0.05, 0) is 24.3 Å². The summed E-state index contributed by atoms with van der Waals surface area (Å²) in [6.45, 7) is 6.00. The predicted octanol–water partition coefficient (Wildman–Crippen LogP) is 5.48. The van der Waals surface area contributed by atoms with Gasteiger partial charge in [-0.3, -0.25) is 0 Å². The van der Waals surface area contributed by atoms with Crippen LogP contribution in [-0.4, -0.2) is 20.6 Å². The predicted molar refractivity (Wildman–Crippen MR) is 110 cm³/mol. The number of nitrogens with zero attached hydrogens (tertiary/aromatic N) is 3. The van der Waals surface area contributed by atoms with E-state index in [0.717, 1.165) is 22.3 Å². The number of carbonyl (C=O) groups is 1. The molecule has 0 aliphatic carbocycles. The Bertz CT molecular complexity index is 1150. The molecule has 0 atom stereocenters. The van der Waals surface area contributed by atoms with Gasteiger partial charge in [0.1, 0.15) is 0 Å². The van der Waals surface area contributed by atoms with Gasteiger partial charge < -0.3 is 0 Å². The summed E-state index contributed by atoms with van der Waals surface area (Å²) >= 11 is 6.10. The number of benzene rings is 1. The number of hydrogen-bond acceptors (Lipinski definition) is 4. The number of rotatable bonds is 4. The van der Waals surface area contributed by atoms with Crippen molar-refractivity contribution < 1.29 is 14.3 Å². The molecule has 0 aliphatic heterocycles. The molecule has 0 amide bonds. The van der Waals surface area contributed by atoms with Crippen molar-refractivity contribution in [2.45, 2.75) is 6.42 Å². The molecular formula is C22H17ClFN3O2. The standard InChI is InChI=1S/C20H13ClFN3O2.C2H4/c21-14-9-10-18-16(11-15-7-4-8-17(23-15)20(26)27-22)19(24-25(18)12-14)13-5-2-1-3-6-13;1-2/h1-10,12H,11H2;1-2H2. The molecule has 0 bridgehead atoms. The van der Waals surface area contributed by atoms with Crippen LogP contribution >= 0.6 is 11.6 Å². The molecule has 0 saturated carbocycles. The maximum atomic E-state index is 12.2. The molecule has 0 saturated heterocycles. The summed E-state index contributed by atoms with van der Waals surface area (Å²) in [5.41, 5.74) is 4.05. The van der Waals surface area contributed by atoms with Crippen LogP contribution in [0.4, 0.5) is 4.53 Å². The Labute approximate surface area is 171 Å². The average Bonchev–Trinajstić information content (AvgIpc) is 3.12. The molecule has 4 rings (SSSR count). The van der Waals surface area contributed by atoms with Crippen LogP contribution in [0.2, 0.25) is 5.02 Å². The van der Waals surface area contributed by atoms with Crippen molar-refractivity contribution in [1.82, 2.24) is 14.6 Å². The van der Waals surface area contributed by atoms with Gasteiger partial charge in [0.25, 0.3) is 0 Å². The van der Waals surface area contributed by atoms with Gasteiger partial charge in [-0.2, -0.15) is 5.10 Å². The second kappa shape index (κ2) is 9.12. The van der Waals surface area contributed by atoms with Crippen LogP contribution in [0.25, 0.3) is 16.8 Å². The fourth-order valence-corrected chi connectivity index (χ4v) is 3.15. The minimum absolute atomic E-state index is 0.0872. The summed E-state index contributed by atoms with van der Waals surface area (Å²) in [6.07, 6.45) is 2.14. The molecule has 5 nitrogen and oxygen atoms in total. The van der Waals surface area contributed by atoms with Crippen LogP contribution in [0.15, 0.2) is 80.0 Å². The van der Waals surface area contributed by atoms with Crippen LogP contribution in [0.3, 0.4) is 0 Å². The van der Waals surface area contributed by atoms with Gasteiger partial charge in [-0.15, -0.1) is 13.2 Å². The highest BCUT2D eigenvalue weighted by molar-refractivity contribution is 6.30. The Hall–Kier alpha value is -3.51. The molecule has 29 heavy (non-hydrogen) atoms. The van der Waals surface area contributed by atoms with Crippen LogP contribution < -0.4 is 0 Å². The lowest BCUT2D eigenvalue weighted by Crippen LogP contribution is -2.04. The summed E-state index contributed by atoms with van der Waals surface area (Å²) in [4.78, 5) is 18.9. The zero-order chi connectivity index (χ0) is 20.8. The fourth-order valence-electron chi connectivity index (χ4n) is 2.99. The van der Waals surface area contributed by atoms with Gasteiger partial charge in [0.2, 0.25) is 0 Å². The van der Waals surface area contributed by atoms with E-state index in [9.17, 15) is 9.32 Å². The molecule has 0 radical (unpaired) electrons. The quantitative estimate of drug-likeness (QED) is 0.418. The van der Waals surface area contributed by atoms with Gasteiger partial charge in [0, 0.05) is 34.0 Å². The maximum Gasteiger partial charge on any atom is 0.397 e. The van der Waals surface area contributed by atoms with Crippen molar-refractivity contribution >= 4 is 23.1 Å². The molecule has 0 N–H and O–H groups in total. The third-order valence-electron chi connectivity index (χ3n) is 4.19. The summed E-state index contributed by atoms with van der Waals surface area (Å²) in [5, 5.41) is 5.24. The molecule has 0 fully saturated rings. The molecule has 1 aromatic carbocycles. The minimum atomic E-state index is -1.12. The van der Waals surface area contributed by atoms with E-state index in [4.69, 9.17) is 11.6 Å². The molecular weight excluding hydrogens is 393 g/mol. The highest BCUT2D eigenvalue weighted by Crippen LogP contribution is 2.29. The van der Waals surface area contributed by atoms with E-state index >= 15 is 0 Å². The topological polar surface area (TPSA) is 56.5 Å². The molecule has 3 heterocycles. The third kappa shape index (κ3) is 4.33. The van der Waals surface area contributed by atoms with E-state index in [1.165, 1.54) is 6.07 Å². The van der Waals surface area contributed by atoms with Gasteiger partial charge in [-0.1, -0.05) is 48.0 Å². The monoisotopic (exact) mass is 409 g/mol. The summed E-state index contributed by atoms with van der Waals surface area (Å²) in [7, 11) is 0. The van der Waals surface area contributed by atoms with Crippen molar-refractivity contribution in [2.24, 2.45) is 0 Å². The first-order chi connectivity index (χ1) is 14.2. The Morgan fingerprint density at radius 3 is 2.55 bits per heavy atom. The zero-order valence-corrected chi connectivity index (χ0v) is 16.1. The van der Waals surface area contributed by atoms with E-state index in [2.05, 4.69) is 28.2 Å². The van der Waals surface area contributed by atoms with Crippen molar-refractivity contribution in [3.8, 4) is 11.3 Å². The van der Waals surface area contributed by atoms with Crippen LogP contribution in [0.5, 0.6) is 0 Å². The van der Waals surface area contributed by atoms with Crippen molar-refractivity contribution in [1.29, 1.82) is 0 Å². The largest absolute Gasteiger partial charge is 0.397 e. The Morgan fingerprint density at radius 1 is 1.07 bits per heavy atom. The number of pyridine rings is 2. The second-order valence-electron chi connectivity index (χ2n) is 5.93. The lowest BCUT2D eigenvalue weighted by Gasteiger charge is -2.05. The molecule has 4 aromatic rings. The SMILES string of the molecule is C=C.O=C(OF)c1cccc(Cc2c(-c3ccccc3)nn3cc(Cl)ccc23)n1. The van der Waals surface area contributed by atoms with Crippen molar-refractivity contribution in [2.75, 3.05) is 0 Å². The van der Waals surface area contributed by atoms with E-state index < -0.39 is 5.97 Å². The summed E-state index contributed by atoms with van der Waals surface area (Å²) < 4.78 is 13.9. The Morgan fingerprint density at radius 2 is 1.83 bits per heavy atom. The normalized spacial score (nSPS) is 10.3. The molecule has 0 aliphatic rings. The lowest BCUT2D eigenvalue weighted by molar-refractivity contribution is -0.0793. The first-order valence-electron chi connectivity index (χ1n) is 8.67. The Balaban J connectivity index is 0.00000117. The molecule has 3 aromatic heterocycles. The van der Waals surface area contributed by atoms with E-state index in [-0.39, 0.29) is 5.69 Å². The van der Waals surface area contributed by atoms with Crippen LogP contribution in [-0.2, 0) is 11.4 Å². The molecule has 0 spiro atoms. The summed E-state index contributed by atoms with van der Waals surface area (Å²) in [5.74, 6) is -1.12. The molecule has 146 valence electrons. The lowest BCUT2D eigenvalue weighted by atomic mass is 10.0. The van der Waals surface area contributed by atoms with Gasteiger partial charge in [-0.25, -0.2) is 19.2 Å². The van der Waals surface area contributed by atoms with Crippen LogP contribution in [0, 0.1) is 0 Å². The molecule has 0 unspecified atom stereocenters. The van der Waals surface area contributed by atoms with E-state index in [1.54, 1.807) is 28.9 Å². The van der Waals surface area contributed by atoms with Gasteiger partial charge >= 0.3 is 5.97 Å². The number of halogens is 2. The third-order valence-corrected chi connectivity index (χ3v) is 4.41. The highest BCUT2D eigenvalue weighted by atomic mass is 35.5. The zero-order valence-electron chi connectivity index (χ0n) is 15.4. The summed E-state index contributed by atoms with van der Waals surface area (Å²) in [6, 6.07) is 18.2. The fraction of sp³-hybridized carbons (Fsp3) is 0.0455. The number of fused-ring (bicyclic) bond motifs is 1. The molecule has 7 heteroatoms. The average molecular weight is 410 g/mol. The van der Waals surface area contributed by atoms with E-state index in [0.29, 0.717) is 17.1 Å². The Kier molecular flexibility index (Phi) is 6.36. The van der Waals surface area contributed by atoms with Gasteiger partial charge in [0.05, 0.1) is 16.2 Å². The van der Waals surface area contributed by atoms with Crippen molar-refractivity contribution in [3.05, 3.63) is 102 Å². The first-order valence-corrected chi connectivity index (χ1v) is 9.04. The minimum Gasteiger partial charge on any atom is -0.248 e. The second-order valence-corrected chi connectivity index (χ2v) is 6.36. The van der Waals surface area contributed by atoms with E-state index in [1.807, 2.05) is 36.4 Å². The maximum absolute atomic E-state index is 12.2. The van der Waals surface area contributed by atoms with Gasteiger partial charge in [0.15, 0.2) is 5.69 Å². The number of hydrogen-bond donors (Lipinski definition) is 0. The first kappa shape index (κ1) is 20.2. The van der Waals surface area contributed by atoms with Crippen LogP contribution in [0.1, 0.15) is 21.7 Å². The smallest absolute Gasteiger partial charge is 0.248 e. The highest BCUT2D eigenvalue weighted by Gasteiger charge is 2.17. The number of aromatic nitrogens is 3. The van der Waals surface area contributed by atoms with Crippen molar-refractivity contribution in [3.63, 3.8) is 0 Å².